The van der Waals surface area contributed by atoms with Crippen LogP contribution in [0.2, 0.25) is 0 Å². The van der Waals surface area contributed by atoms with E-state index in [9.17, 15) is 0 Å². The van der Waals surface area contributed by atoms with Crippen molar-refractivity contribution in [3.63, 3.8) is 0 Å². The summed E-state index contributed by atoms with van der Waals surface area (Å²) in [5, 5.41) is 4.27. The molecule has 19 heavy (non-hydrogen) atoms. The summed E-state index contributed by atoms with van der Waals surface area (Å²) < 4.78 is 7.07. The largest absolute Gasteiger partial charge is 0.497 e. The van der Waals surface area contributed by atoms with Crippen molar-refractivity contribution in [2.24, 2.45) is 5.84 Å². The molecule has 0 amide bonds. The average Bonchev–Trinajstić information content (AvgIpc) is 2.92. The number of nitrogens with one attached hydrogen (secondary N) is 1. The van der Waals surface area contributed by atoms with Crippen molar-refractivity contribution in [1.82, 2.24) is 15.2 Å². The van der Waals surface area contributed by atoms with Gasteiger partial charge < -0.3 is 4.74 Å². The fourth-order valence-corrected chi connectivity index (χ4v) is 2.03. The molecule has 5 nitrogen and oxygen atoms in total. The fraction of sp³-hybridized carbons (Fsp3) is 0.357. The highest BCUT2D eigenvalue weighted by atomic mass is 16.5. The second-order valence-corrected chi connectivity index (χ2v) is 4.40. The van der Waals surface area contributed by atoms with E-state index in [-0.39, 0.29) is 6.04 Å². The molecule has 0 saturated heterocycles. The third-order valence-corrected chi connectivity index (χ3v) is 3.17. The van der Waals surface area contributed by atoms with Crippen LogP contribution in [-0.2, 0) is 13.0 Å². The first-order valence-electron chi connectivity index (χ1n) is 6.38. The summed E-state index contributed by atoms with van der Waals surface area (Å²) in [5.41, 5.74) is 5.15. The van der Waals surface area contributed by atoms with Crippen molar-refractivity contribution in [1.29, 1.82) is 0 Å². The number of methoxy groups -OCH3 is 1. The maximum atomic E-state index is 5.65. The molecule has 1 heterocycles. The standard InChI is InChI=1S/C14H20N4O/c1-3-18-10-11(9-16-18)8-14(17-15)12-4-6-13(19-2)7-5-12/h4-7,9-10,14,17H,3,8,15H2,1-2H3. The van der Waals surface area contributed by atoms with Gasteiger partial charge in [-0.25, -0.2) is 0 Å². The smallest absolute Gasteiger partial charge is 0.118 e. The molecule has 0 saturated carbocycles. The normalized spacial score (nSPS) is 12.4. The van der Waals surface area contributed by atoms with Crippen molar-refractivity contribution in [3.8, 4) is 5.75 Å². The summed E-state index contributed by atoms with van der Waals surface area (Å²) >= 11 is 0. The van der Waals surface area contributed by atoms with Crippen LogP contribution < -0.4 is 16.0 Å². The van der Waals surface area contributed by atoms with Gasteiger partial charge in [-0.05, 0) is 36.6 Å². The first-order valence-corrected chi connectivity index (χ1v) is 6.38. The Balaban J connectivity index is 2.10. The van der Waals surface area contributed by atoms with Crippen molar-refractivity contribution in [2.45, 2.75) is 25.9 Å². The lowest BCUT2D eigenvalue weighted by Gasteiger charge is -2.15. The number of aryl methyl sites for hydroxylation is 1. The molecule has 0 spiro atoms. The molecule has 2 rings (SSSR count). The molecular formula is C14H20N4O. The maximum Gasteiger partial charge on any atom is 0.118 e. The third kappa shape index (κ3) is 3.33. The highest BCUT2D eigenvalue weighted by Crippen LogP contribution is 2.20. The molecule has 1 unspecified atom stereocenters. The van der Waals surface area contributed by atoms with E-state index in [1.54, 1.807) is 7.11 Å². The summed E-state index contributed by atoms with van der Waals surface area (Å²) in [6, 6.07) is 7.99. The number of rotatable bonds is 6. The maximum absolute atomic E-state index is 5.65. The molecule has 0 aliphatic heterocycles. The molecule has 102 valence electrons. The van der Waals surface area contributed by atoms with Crippen molar-refractivity contribution in [2.75, 3.05) is 7.11 Å². The quantitative estimate of drug-likeness (QED) is 0.612. The predicted molar refractivity (Wildman–Crippen MR) is 74.7 cm³/mol. The highest BCUT2D eigenvalue weighted by Gasteiger charge is 2.11. The summed E-state index contributed by atoms with van der Waals surface area (Å²) in [6.45, 7) is 2.95. The van der Waals surface area contributed by atoms with Gasteiger partial charge in [0.15, 0.2) is 0 Å². The molecule has 1 aromatic heterocycles. The van der Waals surface area contributed by atoms with Crippen LogP contribution in [0.5, 0.6) is 5.75 Å². The first-order chi connectivity index (χ1) is 9.26. The molecule has 0 fully saturated rings. The van der Waals surface area contributed by atoms with Crippen LogP contribution in [0.4, 0.5) is 0 Å². The van der Waals surface area contributed by atoms with Gasteiger partial charge in [-0.2, -0.15) is 5.10 Å². The summed E-state index contributed by atoms with van der Waals surface area (Å²) in [5.74, 6) is 6.50. The van der Waals surface area contributed by atoms with Crippen LogP contribution in [0.25, 0.3) is 0 Å². The second-order valence-electron chi connectivity index (χ2n) is 4.40. The fourth-order valence-electron chi connectivity index (χ4n) is 2.03. The number of aromatic nitrogens is 2. The van der Waals surface area contributed by atoms with E-state index in [0.29, 0.717) is 0 Å². The lowest BCUT2D eigenvalue weighted by atomic mass is 10.0. The van der Waals surface area contributed by atoms with E-state index in [4.69, 9.17) is 10.6 Å². The van der Waals surface area contributed by atoms with Gasteiger partial charge in [0.1, 0.15) is 5.75 Å². The summed E-state index contributed by atoms with van der Waals surface area (Å²) in [4.78, 5) is 0. The lowest BCUT2D eigenvalue weighted by molar-refractivity contribution is 0.414. The number of hydrogen-bond acceptors (Lipinski definition) is 4. The van der Waals surface area contributed by atoms with Gasteiger partial charge >= 0.3 is 0 Å². The Morgan fingerprint density at radius 1 is 1.37 bits per heavy atom. The SMILES string of the molecule is CCn1cc(CC(NN)c2ccc(OC)cc2)cn1. The van der Waals surface area contributed by atoms with E-state index in [1.165, 1.54) is 5.56 Å². The van der Waals surface area contributed by atoms with Crippen LogP contribution in [0.15, 0.2) is 36.7 Å². The van der Waals surface area contributed by atoms with Crippen molar-refractivity contribution < 1.29 is 4.74 Å². The Morgan fingerprint density at radius 2 is 2.11 bits per heavy atom. The molecule has 5 heteroatoms. The van der Waals surface area contributed by atoms with Crippen LogP contribution in [0, 0.1) is 0 Å². The van der Waals surface area contributed by atoms with Crippen LogP contribution >= 0.6 is 0 Å². The molecular weight excluding hydrogens is 240 g/mol. The van der Waals surface area contributed by atoms with E-state index >= 15 is 0 Å². The molecule has 0 aliphatic carbocycles. The van der Waals surface area contributed by atoms with Gasteiger partial charge in [-0.3, -0.25) is 16.0 Å². The average molecular weight is 260 g/mol. The van der Waals surface area contributed by atoms with E-state index in [0.717, 1.165) is 24.3 Å². The molecule has 0 aliphatic rings. The van der Waals surface area contributed by atoms with Crippen LogP contribution in [0.1, 0.15) is 24.1 Å². The Bertz CT molecular complexity index is 506. The Labute approximate surface area is 113 Å². The van der Waals surface area contributed by atoms with Gasteiger partial charge in [0.05, 0.1) is 19.3 Å². The van der Waals surface area contributed by atoms with Crippen LogP contribution in [-0.4, -0.2) is 16.9 Å². The van der Waals surface area contributed by atoms with Crippen LogP contribution in [0.3, 0.4) is 0 Å². The number of ether oxygens (including phenoxy) is 1. The van der Waals surface area contributed by atoms with Gasteiger partial charge in [-0.15, -0.1) is 0 Å². The number of benzene rings is 1. The Hall–Kier alpha value is -1.85. The topological polar surface area (TPSA) is 65.1 Å². The van der Waals surface area contributed by atoms with Gasteiger partial charge in [0, 0.05) is 12.7 Å². The number of hydrazine groups is 1. The van der Waals surface area contributed by atoms with Gasteiger partial charge in [-0.1, -0.05) is 12.1 Å². The Morgan fingerprint density at radius 3 is 2.63 bits per heavy atom. The third-order valence-electron chi connectivity index (χ3n) is 3.17. The zero-order chi connectivity index (χ0) is 13.7. The number of hydrogen-bond donors (Lipinski definition) is 2. The number of nitrogens with zero attached hydrogens (tertiary/aromatic N) is 2. The van der Waals surface area contributed by atoms with Crippen molar-refractivity contribution in [3.05, 3.63) is 47.8 Å². The summed E-state index contributed by atoms with van der Waals surface area (Å²) in [6.07, 6.45) is 4.74. The van der Waals surface area contributed by atoms with Gasteiger partial charge in [0.25, 0.3) is 0 Å². The molecule has 2 aromatic rings. The van der Waals surface area contributed by atoms with Gasteiger partial charge in [0.2, 0.25) is 0 Å². The minimum Gasteiger partial charge on any atom is -0.497 e. The van der Waals surface area contributed by atoms with Crippen molar-refractivity contribution >= 4 is 0 Å². The zero-order valence-corrected chi connectivity index (χ0v) is 11.3. The highest BCUT2D eigenvalue weighted by molar-refractivity contribution is 5.30. The molecule has 3 N–H and O–H groups in total. The minimum absolute atomic E-state index is 0.0698. The van der Waals surface area contributed by atoms with E-state index in [1.807, 2.05) is 41.3 Å². The predicted octanol–water partition coefficient (Wildman–Crippen LogP) is 1.66. The lowest BCUT2D eigenvalue weighted by Crippen LogP contribution is -2.29. The summed E-state index contributed by atoms with van der Waals surface area (Å²) in [7, 11) is 1.66. The zero-order valence-electron chi connectivity index (χ0n) is 11.3. The molecule has 0 radical (unpaired) electrons. The minimum atomic E-state index is 0.0698. The second kappa shape index (κ2) is 6.36. The Kier molecular flexibility index (Phi) is 4.54. The monoisotopic (exact) mass is 260 g/mol. The molecule has 1 aromatic carbocycles. The molecule has 0 bridgehead atoms. The molecule has 1 atom stereocenters. The van der Waals surface area contributed by atoms with E-state index < -0.39 is 0 Å². The number of nitrogens with two attached hydrogens (primary N) is 1. The van der Waals surface area contributed by atoms with E-state index in [2.05, 4.69) is 17.4 Å². The first kappa shape index (κ1) is 13.6.